The van der Waals surface area contributed by atoms with Gasteiger partial charge in [0.25, 0.3) is 0 Å². The molecule has 1 N–H and O–H groups in total. The maximum atomic E-state index is 5.20. The van der Waals surface area contributed by atoms with Gasteiger partial charge in [-0.05, 0) is 68.7 Å². The Balaban J connectivity index is 1.62. The largest absolute Gasteiger partial charge is 0.497 e. The molecule has 2 aliphatic rings. The van der Waals surface area contributed by atoms with Crippen molar-refractivity contribution in [2.75, 3.05) is 13.7 Å². The fourth-order valence-electron chi connectivity index (χ4n) is 3.39. The smallest absolute Gasteiger partial charge is 0.118 e. The molecule has 2 fully saturated rings. The van der Waals surface area contributed by atoms with E-state index in [1.54, 1.807) is 7.11 Å². The molecule has 1 atom stereocenters. The van der Waals surface area contributed by atoms with Crippen molar-refractivity contribution in [1.82, 2.24) is 5.32 Å². The first-order chi connectivity index (χ1) is 8.82. The number of aryl methyl sites for hydroxylation is 1. The minimum absolute atomic E-state index is 0.472. The Bertz CT molecular complexity index is 388. The van der Waals surface area contributed by atoms with Gasteiger partial charge in [0.2, 0.25) is 0 Å². The summed E-state index contributed by atoms with van der Waals surface area (Å²) >= 11 is 0. The topological polar surface area (TPSA) is 21.3 Å². The fourth-order valence-corrected chi connectivity index (χ4v) is 3.39. The van der Waals surface area contributed by atoms with E-state index in [2.05, 4.69) is 29.6 Å². The van der Waals surface area contributed by atoms with Crippen LogP contribution in [0.25, 0.3) is 0 Å². The molecule has 2 heteroatoms. The summed E-state index contributed by atoms with van der Waals surface area (Å²) in [6, 6.07) is 8.55. The van der Waals surface area contributed by atoms with Gasteiger partial charge in [-0.3, -0.25) is 0 Å². The monoisotopic (exact) mass is 245 g/mol. The Kier molecular flexibility index (Phi) is 3.29. The van der Waals surface area contributed by atoms with Crippen molar-refractivity contribution in [3.8, 4) is 5.75 Å². The zero-order valence-corrected chi connectivity index (χ0v) is 11.2. The summed E-state index contributed by atoms with van der Waals surface area (Å²) in [5.41, 5.74) is 1.91. The maximum Gasteiger partial charge on any atom is 0.118 e. The van der Waals surface area contributed by atoms with Gasteiger partial charge in [-0.25, -0.2) is 0 Å². The molecule has 1 saturated heterocycles. The van der Waals surface area contributed by atoms with Crippen molar-refractivity contribution < 1.29 is 4.74 Å². The molecular formula is C16H23NO. The summed E-state index contributed by atoms with van der Waals surface area (Å²) in [7, 11) is 1.72. The van der Waals surface area contributed by atoms with Crippen molar-refractivity contribution in [1.29, 1.82) is 0 Å². The van der Waals surface area contributed by atoms with E-state index in [0.717, 1.165) is 11.7 Å². The summed E-state index contributed by atoms with van der Waals surface area (Å²) in [6.45, 7) is 1.22. The number of ether oxygens (including phenoxy) is 1. The summed E-state index contributed by atoms with van der Waals surface area (Å²) < 4.78 is 5.20. The third-order valence-corrected chi connectivity index (χ3v) is 4.65. The van der Waals surface area contributed by atoms with E-state index in [-0.39, 0.29) is 0 Å². The highest BCUT2D eigenvalue weighted by atomic mass is 16.5. The second-order valence-corrected chi connectivity index (χ2v) is 5.81. The molecule has 1 heterocycles. The van der Waals surface area contributed by atoms with Crippen molar-refractivity contribution in [3.63, 3.8) is 0 Å². The minimum Gasteiger partial charge on any atom is -0.497 e. The van der Waals surface area contributed by atoms with Crippen LogP contribution in [0, 0.1) is 5.92 Å². The highest BCUT2D eigenvalue weighted by Gasteiger charge is 2.45. The minimum atomic E-state index is 0.472. The summed E-state index contributed by atoms with van der Waals surface area (Å²) in [5, 5.41) is 3.80. The number of benzene rings is 1. The van der Waals surface area contributed by atoms with E-state index in [1.165, 1.54) is 50.6 Å². The Morgan fingerprint density at radius 2 is 2.06 bits per heavy atom. The van der Waals surface area contributed by atoms with E-state index in [4.69, 9.17) is 4.74 Å². The number of hydrogen-bond donors (Lipinski definition) is 1. The van der Waals surface area contributed by atoms with E-state index in [1.807, 2.05) is 0 Å². The molecule has 1 aromatic carbocycles. The molecule has 1 aliphatic heterocycles. The summed E-state index contributed by atoms with van der Waals surface area (Å²) in [6.07, 6.45) is 8.11. The SMILES string of the molecule is COc1ccc(CCC2(C3CC3)CCCN2)cc1. The highest BCUT2D eigenvalue weighted by Crippen LogP contribution is 2.46. The lowest BCUT2D eigenvalue weighted by Gasteiger charge is -2.30. The maximum absolute atomic E-state index is 5.20. The lowest BCUT2D eigenvalue weighted by molar-refractivity contribution is 0.302. The molecule has 18 heavy (non-hydrogen) atoms. The zero-order chi connectivity index (χ0) is 12.4. The number of rotatable bonds is 5. The number of methoxy groups -OCH3 is 1. The molecule has 0 aromatic heterocycles. The molecule has 1 saturated carbocycles. The van der Waals surface area contributed by atoms with Gasteiger partial charge >= 0.3 is 0 Å². The van der Waals surface area contributed by atoms with E-state index < -0.39 is 0 Å². The Morgan fingerprint density at radius 3 is 2.61 bits per heavy atom. The molecule has 1 unspecified atom stereocenters. The van der Waals surface area contributed by atoms with Gasteiger partial charge in [0, 0.05) is 5.54 Å². The van der Waals surface area contributed by atoms with Crippen LogP contribution in [0.4, 0.5) is 0 Å². The summed E-state index contributed by atoms with van der Waals surface area (Å²) in [4.78, 5) is 0. The van der Waals surface area contributed by atoms with Crippen LogP contribution in [0.15, 0.2) is 24.3 Å². The molecule has 2 nitrogen and oxygen atoms in total. The molecule has 98 valence electrons. The zero-order valence-electron chi connectivity index (χ0n) is 11.2. The van der Waals surface area contributed by atoms with Crippen LogP contribution in [0.3, 0.4) is 0 Å². The first kappa shape index (κ1) is 12.0. The van der Waals surface area contributed by atoms with Crippen LogP contribution in [-0.4, -0.2) is 19.2 Å². The molecule has 0 bridgehead atoms. The van der Waals surface area contributed by atoms with Gasteiger partial charge in [0.05, 0.1) is 7.11 Å². The lowest BCUT2D eigenvalue weighted by Crippen LogP contribution is -2.42. The van der Waals surface area contributed by atoms with Crippen LogP contribution in [0.2, 0.25) is 0 Å². The average molecular weight is 245 g/mol. The second-order valence-electron chi connectivity index (χ2n) is 5.81. The van der Waals surface area contributed by atoms with Crippen LogP contribution >= 0.6 is 0 Å². The highest BCUT2D eigenvalue weighted by molar-refractivity contribution is 5.27. The quantitative estimate of drug-likeness (QED) is 0.860. The third kappa shape index (κ3) is 2.39. The Hall–Kier alpha value is -1.02. The first-order valence-electron chi connectivity index (χ1n) is 7.20. The van der Waals surface area contributed by atoms with E-state index in [9.17, 15) is 0 Å². The predicted molar refractivity (Wildman–Crippen MR) is 74.0 cm³/mol. The van der Waals surface area contributed by atoms with Crippen molar-refractivity contribution >= 4 is 0 Å². The van der Waals surface area contributed by atoms with E-state index in [0.29, 0.717) is 5.54 Å². The first-order valence-corrected chi connectivity index (χ1v) is 7.20. The molecule has 1 aromatic rings. The van der Waals surface area contributed by atoms with Crippen molar-refractivity contribution in [2.24, 2.45) is 5.92 Å². The number of nitrogens with one attached hydrogen (secondary N) is 1. The standard InChI is InChI=1S/C16H23NO/c1-18-15-7-3-13(4-8-15)9-11-16(14-5-6-14)10-2-12-17-16/h3-4,7-8,14,17H,2,5-6,9-12H2,1H3. The molecule has 0 spiro atoms. The lowest BCUT2D eigenvalue weighted by atomic mass is 9.85. The molecule has 1 aliphatic carbocycles. The van der Waals surface area contributed by atoms with Gasteiger partial charge in [0.1, 0.15) is 5.75 Å². The van der Waals surface area contributed by atoms with Crippen molar-refractivity contribution in [2.45, 2.75) is 44.1 Å². The average Bonchev–Trinajstić information content (AvgIpc) is 3.18. The van der Waals surface area contributed by atoms with Crippen LogP contribution in [-0.2, 0) is 6.42 Å². The number of hydrogen-bond acceptors (Lipinski definition) is 2. The fraction of sp³-hybridized carbons (Fsp3) is 0.625. The predicted octanol–water partition coefficient (Wildman–Crippen LogP) is 3.16. The normalized spacial score (nSPS) is 27.4. The van der Waals surface area contributed by atoms with Crippen LogP contribution in [0.5, 0.6) is 5.75 Å². The molecular weight excluding hydrogens is 222 g/mol. The Labute approximate surface area is 110 Å². The Morgan fingerprint density at radius 1 is 1.28 bits per heavy atom. The van der Waals surface area contributed by atoms with Gasteiger partial charge in [0.15, 0.2) is 0 Å². The van der Waals surface area contributed by atoms with Gasteiger partial charge < -0.3 is 10.1 Å². The molecule has 0 radical (unpaired) electrons. The van der Waals surface area contributed by atoms with Crippen LogP contribution in [0.1, 0.15) is 37.7 Å². The molecule has 3 rings (SSSR count). The second kappa shape index (κ2) is 4.93. The van der Waals surface area contributed by atoms with E-state index >= 15 is 0 Å². The van der Waals surface area contributed by atoms with Gasteiger partial charge in [-0.2, -0.15) is 0 Å². The molecule has 0 amide bonds. The van der Waals surface area contributed by atoms with Gasteiger partial charge in [-0.15, -0.1) is 0 Å². The van der Waals surface area contributed by atoms with Gasteiger partial charge in [-0.1, -0.05) is 12.1 Å². The third-order valence-electron chi connectivity index (χ3n) is 4.65. The summed E-state index contributed by atoms with van der Waals surface area (Å²) in [5.74, 6) is 1.91. The van der Waals surface area contributed by atoms with Crippen molar-refractivity contribution in [3.05, 3.63) is 29.8 Å². The van der Waals surface area contributed by atoms with Crippen LogP contribution < -0.4 is 10.1 Å².